The van der Waals surface area contributed by atoms with Crippen LogP contribution in [0.15, 0.2) is 24.4 Å². The number of nitrogens with one attached hydrogen (secondary N) is 1. The topological polar surface area (TPSA) is 68.1 Å². The van der Waals surface area contributed by atoms with Gasteiger partial charge in [-0.05, 0) is 19.1 Å². The SMILES string of the molecule is C#CCC(C)Nc1c(F)cc([N+](=O)[O-])c2cccnc12. The largest absolute Gasteiger partial charge is 0.377 e. The number of anilines is 1. The fourth-order valence-electron chi connectivity index (χ4n) is 1.96. The predicted octanol–water partition coefficient (Wildman–Crippen LogP) is 3.11. The zero-order chi connectivity index (χ0) is 14.7. The lowest BCUT2D eigenvalue weighted by molar-refractivity contribution is -0.383. The van der Waals surface area contributed by atoms with Gasteiger partial charge in [0.15, 0.2) is 5.82 Å². The fraction of sp³-hybridized carbons (Fsp3) is 0.214. The Bertz CT molecular complexity index is 709. The summed E-state index contributed by atoms with van der Waals surface area (Å²) in [5.74, 6) is 1.76. The molecule has 6 heteroatoms. The van der Waals surface area contributed by atoms with Gasteiger partial charge in [0.1, 0.15) is 5.52 Å². The molecule has 0 amide bonds. The lowest BCUT2D eigenvalue weighted by Gasteiger charge is -2.15. The molecule has 0 saturated heterocycles. The van der Waals surface area contributed by atoms with Gasteiger partial charge in [-0.15, -0.1) is 12.3 Å². The fourth-order valence-corrected chi connectivity index (χ4v) is 1.96. The molecule has 1 N–H and O–H groups in total. The van der Waals surface area contributed by atoms with E-state index in [0.29, 0.717) is 6.42 Å². The molecule has 0 bridgehead atoms. The van der Waals surface area contributed by atoms with E-state index < -0.39 is 10.7 Å². The van der Waals surface area contributed by atoms with Gasteiger partial charge in [0.05, 0.1) is 22.1 Å². The number of non-ortho nitro benzene ring substituents is 1. The van der Waals surface area contributed by atoms with Gasteiger partial charge in [-0.3, -0.25) is 15.1 Å². The summed E-state index contributed by atoms with van der Waals surface area (Å²) in [4.78, 5) is 14.4. The number of hydrogen-bond acceptors (Lipinski definition) is 4. The Labute approximate surface area is 115 Å². The van der Waals surface area contributed by atoms with E-state index in [1.807, 2.05) is 0 Å². The summed E-state index contributed by atoms with van der Waals surface area (Å²) in [6.45, 7) is 1.80. The van der Waals surface area contributed by atoms with Gasteiger partial charge in [-0.25, -0.2) is 4.39 Å². The summed E-state index contributed by atoms with van der Waals surface area (Å²) >= 11 is 0. The van der Waals surface area contributed by atoms with E-state index in [-0.39, 0.29) is 28.3 Å². The highest BCUT2D eigenvalue weighted by Crippen LogP contribution is 2.33. The zero-order valence-electron chi connectivity index (χ0n) is 10.8. The van der Waals surface area contributed by atoms with E-state index in [1.165, 1.54) is 12.3 Å². The van der Waals surface area contributed by atoms with Crippen LogP contribution < -0.4 is 5.32 Å². The summed E-state index contributed by atoms with van der Waals surface area (Å²) in [7, 11) is 0. The van der Waals surface area contributed by atoms with Crippen molar-refractivity contribution >= 4 is 22.3 Å². The monoisotopic (exact) mass is 273 g/mol. The van der Waals surface area contributed by atoms with E-state index in [1.54, 1.807) is 13.0 Å². The Kier molecular flexibility index (Phi) is 3.80. The Morgan fingerprint density at radius 2 is 2.40 bits per heavy atom. The minimum Gasteiger partial charge on any atom is -0.377 e. The molecule has 2 aromatic rings. The summed E-state index contributed by atoms with van der Waals surface area (Å²) in [6, 6.07) is 3.84. The number of benzene rings is 1. The van der Waals surface area contributed by atoms with Crippen molar-refractivity contribution < 1.29 is 9.31 Å². The quantitative estimate of drug-likeness (QED) is 0.528. The minimum atomic E-state index is -0.716. The van der Waals surface area contributed by atoms with Gasteiger partial charge in [0.2, 0.25) is 0 Å². The van der Waals surface area contributed by atoms with Crippen LogP contribution in [-0.2, 0) is 0 Å². The van der Waals surface area contributed by atoms with Gasteiger partial charge >= 0.3 is 0 Å². The lowest BCUT2D eigenvalue weighted by Crippen LogP contribution is -2.16. The molecule has 0 radical (unpaired) electrons. The highest BCUT2D eigenvalue weighted by atomic mass is 19.1. The molecule has 0 fully saturated rings. The third-order valence-electron chi connectivity index (χ3n) is 2.83. The number of terminal acetylenes is 1. The third kappa shape index (κ3) is 2.52. The Morgan fingerprint density at radius 3 is 3.05 bits per heavy atom. The van der Waals surface area contributed by atoms with Crippen LogP contribution in [0.1, 0.15) is 13.3 Å². The number of nitrogens with zero attached hydrogens (tertiary/aromatic N) is 2. The van der Waals surface area contributed by atoms with E-state index in [9.17, 15) is 14.5 Å². The summed E-state index contributed by atoms with van der Waals surface area (Å²) in [5, 5.41) is 14.2. The first-order valence-corrected chi connectivity index (χ1v) is 5.96. The first-order valence-electron chi connectivity index (χ1n) is 5.96. The van der Waals surface area contributed by atoms with Crippen LogP contribution in [-0.4, -0.2) is 15.9 Å². The number of hydrogen-bond donors (Lipinski definition) is 1. The molecule has 0 spiro atoms. The van der Waals surface area contributed by atoms with Crippen LogP contribution in [0.25, 0.3) is 10.9 Å². The maximum absolute atomic E-state index is 14.1. The maximum atomic E-state index is 14.1. The van der Waals surface area contributed by atoms with E-state index in [4.69, 9.17) is 6.42 Å². The number of rotatable bonds is 4. The van der Waals surface area contributed by atoms with Crippen LogP contribution in [0.2, 0.25) is 0 Å². The molecule has 5 nitrogen and oxygen atoms in total. The van der Waals surface area contributed by atoms with Crippen molar-refractivity contribution in [2.45, 2.75) is 19.4 Å². The Morgan fingerprint density at radius 1 is 1.65 bits per heavy atom. The summed E-state index contributed by atoms with van der Waals surface area (Å²) in [6.07, 6.45) is 7.08. The Balaban J connectivity index is 2.61. The normalized spacial score (nSPS) is 11.8. The number of pyridine rings is 1. The molecular formula is C14H12FN3O2. The van der Waals surface area contributed by atoms with Gasteiger partial charge in [0, 0.05) is 18.7 Å². The summed E-state index contributed by atoms with van der Waals surface area (Å²) in [5.41, 5.74) is 0.0535. The van der Waals surface area contributed by atoms with E-state index in [0.717, 1.165) is 6.07 Å². The molecule has 1 atom stereocenters. The standard InChI is InChI=1S/C14H12FN3O2/c1-3-5-9(2)17-14-11(15)8-12(18(19)20)10-6-4-7-16-13(10)14/h1,4,6-9,17H,5H2,2H3. The van der Waals surface area contributed by atoms with Gasteiger partial charge in [-0.1, -0.05) is 0 Å². The second-order valence-corrected chi connectivity index (χ2v) is 4.36. The molecule has 20 heavy (non-hydrogen) atoms. The van der Waals surface area contributed by atoms with Crippen molar-refractivity contribution in [3.8, 4) is 12.3 Å². The molecule has 2 rings (SSSR count). The van der Waals surface area contributed by atoms with E-state index >= 15 is 0 Å². The highest BCUT2D eigenvalue weighted by Gasteiger charge is 2.20. The third-order valence-corrected chi connectivity index (χ3v) is 2.83. The number of halogens is 1. The predicted molar refractivity (Wildman–Crippen MR) is 74.9 cm³/mol. The molecule has 0 aliphatic heterocycles. The average Bonchev–Trinajstić information content (AvgIpc) is 2.41. The van der Waals surface area contributed by atoms with Crippen LogP contribution in [0.3, 0.4) is 0 Å². The number of nitro benzene ring substituents is 1. The van der Waals surface area contributed by atoms with Crippen molar-refractivity contribution in [2.24, 2.45) is 0 Å². The molecule has 102 valence electrons. The van der Waals surface area contributed by atoms with Gasteiger partial charge < -0.3 is 5.32 Å². The number of fused-ring (bicyclic) bond motifs is 1. The Hall–Kier alpha value is -2.68. The first-order chi connectivity index (χ1) is 9.54. The smallest absolute Gasteiger partial charge is 0.281 e. The van der Waals surface area contributed by atoms with Crippen molar-refractivity contribution in [1.29, 1.82) is 0 Å². The number of nitro groups is 1. The molecule has 0 aliphatic rings. The second kappa shape index (κ2) is 5.53. The van der Waals surface area contributed by atoms with Gasteiger partial charge in [-0.2, -0.15) is 0 Å². The molecule has 0 aliphatic carbocycles. The number of aromatic nitrogens is 1. The molecule has 0 saturated carbocycles. The van der Waals surface area contributed by atoms with Gasteiger partial charge in [0.25, 0.3) is 5.69 Å². The summed E-state index contributed by atoms with van der Waals surface area (Å²) < 4.78 is 14.1. The van der Waals surface area contributed by atoms with Crippen molar-refractivity contribution in [2.75, 3.05) is 5.32 Å². The molecule has 1 heterocycles. The van der Waals surface area contributed by atoms with Crippen molar-refractivity contribution in [3.63, 3.8) is 0 Å². The van der Waals surface area contributed by atoms with Crippen molar-refractivity contribution in [3.05, 3.63) is 40.3 Å². The van der Waals surface area contributed by atoms with Crippen LogP contribution >= 0.6 is 0 Å². The van der Waals surface area contributed by atoms with E-state index in [2.05, 4.69) is 16.2 Å². The molecule has 1 aromatic carbocycles. The maximum Gasteiger partial charge on any atom is 0.281 e. The molecular weight excluding hydrogens is 261 g/mol. The van der Waals surface area contributed by atoms with Crippen LogP contribution in [0.4, 0.5) is 15.8 Å². The zero-order valence-corrected chi connectivity index (χ0v) is 10.8. The minimum absolute atomic E-state index is 0.133. The van der Waals surface area contributed by atoms with Crippen LogP contribution in [0.5, 0.6) is 0 Å². The lowest BCUT2D eigenvalue weighted by atomic mass is 10.1. The van der Waals surface area contributed by atoms with Crippen LogP contribution in [0, 0.1) is 28.3 Å². The molecule has 1 aromatic heterocycles. The van der Waals surface area contributed by atoms with Crippen molar-refractivity contribution in [1.82, 2.24) is 4.98 Å². The molecule has 1 unspecified atom stereocenters. The highest BCUT2D eigenvalue weighted by molar-refractivity contribution is 5.97. The second-order valence-electron chi connectivity index (χ2n) is 4.36. The first kappa shape index (κ1) is 13.7. The average molecular weight is 273 g/mol.